The van der Waals surface area contributed by atoms with Crippen LogP contribution in [0.5, 0.6) is 40.2 Å². The van der Waals surface area contributed by atoms with Crippen LogP contribution in [0.2, 0.25) is 0 Å². The van der Waals surface area contributed by atoms with Gasteiger partial charge in [-0.15, -0.1) is 0 Å². The van der Waals surface area contributed by atoms with E-state index in [2.05, 4.69) is 0 Å². The molecule has 0 unspecified atom stereocenters. The van der Waals surface area contributed by atoms with E-state index in [0.29, 0.717) is 64.1 Å². The summed E-state index contributed by atoms with van der Waals surface area (Å²) in [5, 5.41) is 0.483. The number of carbonyl (C=O) groups excluding carboxylic acids is 1. The van der Waals surface area contributed by atoms with E-state index in [1.807, 2.05) is 78.9 Å². The Bertz CT molecular complexity index is 2200. The summed E-state index contributed by atoms with van der Waals surface area (Å²) < 4.78 is 54.1. The highest BCUT2D eigenvalue weighted by atomic mass is 16.5. The lowest BCUT2D eigenvalue weighted by atomic mass is 9.90. The van der Waals surface area contributed by atoms with Crippen molar-refractivity contribution < 1.29 is 47.1 Å². The molecule has 0 bridgehead atoms. The Hall–Kier alpha value is -6.13. The number of furan rings is 1. The van der Waals surface area contributed by atoms with Gasteiger partial charge in [-0.3, -0.25) is 4.79 Å². The Labute approximate surface area is 307 Å². The number of hydrogen-bond acceptors (Lipinski definition) is 10. The highest BCUT2D eigenvalue weighted by Gasteiger charge is 2.39. The van der Waals surface area contributed by atoms with Crippen LogP contribution < -0.4 is 33.2 Å². The van der Waals surface area contributed by atoms with E-state index in [1.54, 1.807) is 39.5 Å². The topological polar surface area (TPSA) is 104 Å². The van der Waals surface area contributed by atoms with Crippen molar-refractivity contribution in [2.75, 3.05) is 42.7 Å². The Morgan fingerprint density at radius 2 is 1.26 bits per heavy atom. The van der Waals surface area contributed by atoms with Gasteiger partial charge in [0.05, 0.1) is 60.2 Å². The Kier molecular flexibility index (Phi) is 10.1. The maximum Gasteiger partial charge on any atom is 0.205 e. The van der Waals surface area contributed by atoms with E-state index in [9.17, 15) is 0 Å². The number of hydrogen-bond donors (Lipinski definition) is 0. The monoisotopic (exact) mass is 716 g/mol. The zero-order valence-corrected chi connectivity index (χ0v) is 30.4. The summed E-state index contributed by atoms with van der Waals surface area (Å²) in [6.45, 7) is 0.371. The van der Waals surface area contributed by atoms with Crippen LogP contribution in [-0.4, -0.2) is 54.5 Å². The molecule has 10 heteroatoms. The number of ketones is 1. The highest BCUT2D eigenvalue weighted by molar-refractivity contribution is 6.23. The second kappa shape index (κ2) is 15.2. The van der Waals surface area contributed by atoms with Crippen molar-refractivity contribution in [2.24, 2.45) is 0 Å². The highest BCUT2D eigenvalue weighted by Crippen LogP contribution is 2.51. The van der Waals surface area contributed by atoms with Crippen molar-refractivity contribution in [3.8, 4) is 51.6 Å². The van der Waals surface area contributed by atoms with Gasteiger partial charge in [-0.25, -0.2) is 0 Å². The molecule has 0 N–H and O–H groups in total. The summed E-state index contributed by atoms with van der Waals surface area (Å²) in [5.74, 6) is 3.32. The number of rotatable bonds is 13. The normalized spacial score (nSPS) is 14.9. The third-order valence-electron chi connectivity index (χ3n) is 9.48. The Balaban J connectivity index is 1.47. The second-order valence-corrected chi connectivity index (χ2v) is 12.4. The van der Waals surface area contributed by atoms with Crippen LogP contribution in [0.1, 0.15) is 38.7 Å². The third kappa shape index (κ3) is 6.69. The van der Waals surface area contributed by atoms with Gasteiger partial charge in [-0.1, -0.05) is 42.5 Å². The van der Waals surface area contributed by atoms with Gasteiger partial charge < -0.3 is 42.3 Å². The molecule has 0 aliphatic carbocycles. The SMILES string of the molecule is COc1ccc(-c2oc3cc(OC)c4c(c3c2C(=O)c2c(OC)cc(OC)cc2OC)O[C@H](c2ccc(OC)cc2)[C@@H](OCc2ccccc2)C4)cc1. The molecule has 0 radical (unpaired) electrons. The van der Waals surface area contributed by atoms with Crippen LogP contribution in [0.25, 0.3) is 22.3 Å². The number of ether oxygens (including phenoxy) is 8. The van der Waals surface area contributed by atoms with Gasteiger partial charge in [0.15, 0.2) is 6.10 Å². The van der Waals surface area contributed by atoms with E-state index >= 15 is 4.79 Å². The molecule has 0 fully saturated rings. The van der Waals surface area contributed by atoms with Crippen LogP contribution in [-0.2, 0) is 17.8 Å². The number of methoxy groups -OCH3 is 6. The number of carbonyl (C=O) groups is 1. The maximum atomic E-state index is 15.2. The molecule has 2 atom stereocenters. The summed E-state index contributed by atoms with van der Waals surface area (Å²) in [7, 11) is 9.35. The average Bonchev–Trinajstić information content (AvgIpc) is 3.61. The minimum Gasteiger partial charge on any atom is -0.497 e. The number of benzene rings is 5. The molecule has 1 aliphatic rings. The molecule has 0 saturated heterocycles. The predicted molar refractivity (Wildman–Crippen MR) is 199 cm³/mol. The summed E-state index contributed by atoms with van der Waals surface area (Å²) in [6.07, 6.45) is -0.569. The van der Waals surface area contributed by atoms with Gasteiger partial charge in [-0.05, 0) is 47.5 Å². The molecule has 0 amide bonds. The molecule has 10 nitrogen and oxygen atoms in total. The predicted octanol–water partition coefficient (Wildman–Crippen LogP) is 8.64. The lowest BCUT2D eigenvalue weighted by molar-refractivity contribution is -0.0458. The summed E-state index contributed by atoms with van der Waals surface area (Å²) in [5.41, 5.74) is 4.16. The fraction of sp³-hybridized carbons (Fsp3) is 0.233. The van der Waals surface area contributed by atoms with Gasteiger partial charge in [0.1, 0.15) is 63.3 Å². The Morgan fingerprint density at radius 3 is 1.85 bits per heavy atom. The first-order valence-corrected chi connectivity index (χ1v) is 17.0. The van der Waals surface area contributed by atoms with Crippen molar-refractivity contribution >= 4 is 16.8 Å². The molecule has 7 rings (SSSR count). The molecule has 5 aromatic carbocycles. The van der Waals surface area contributed by atoms with Gasteiger partial charge >= 0.3 is 0 Å². The fourth-order valence-corrected chi connectivity index (χ4v) is 6.78. The van der Waals surface area contributed by atoms with Gasteiger partial charge in [0.2, 0.25) is 5.78 Å². The van der Waals surface area contributed by atoms with Crippen molar-refractivity contribution in [3.63, 3.8) is 0 Å². The Morgan fingerprint density at radius 1 is 0.660 bits per heavy atom. The first-order valence-electron chi connectivity index (χ1n) is 17.0. The summed E-state index contributed by atoms with van der Waals surface area (Å²) in [6, 6.07) is 30.1. The van der Waals surface area contributed by atoms with Gasteiger partial charge in [0.25, 0.3) is 0 Å². The lowest BCUT2D eigenvalue weighted by Gasteiger charge is -2.35. The van der Waals surface area contributed by atoms with E-state index in [0.717, 1.165) is 16.7 Å². The van der Waals surface area contributed by atoms with Crippen molar-refractivity contribution in [1.82, 2.24) is 0 Å². The van der Waals surface area contributed by atoms with Crippen molar-refractivity contribution in [2.45, 2.75) is 25.2 Å². The lowest BCUT2D eigenvalue weighted by Crippen LogP contribution is -2.33. The van der Waals surface area contributed by atoms with Crippen LogP contribution >= 0.6 is 0 Å². The standard InChI is InChI=1S/C43H40O10/c1-45-28-16-12-26(13-17-28)41-36(51-24-25-10-8-7-9-11-25)22-31-32(48-4)23-35-38(43(31)53-41)39(42(52-35)27-14-18-29(46-2)19-15-27)40(44)37-33(49-5)20-30(47-3)21-34(37)50-6/h7-21,23,36,41H,22,24H2,1-6H3/t36-,41+/m0/s1. The van der Waals surface area contributed by atoms with Crippen LogP contribution in [0.15, 0.2) is 101 Å². The molecule has 272 valence electrons. The van der Waals surface area contributed by atoms with Gasteiger partial charge in [0, 0.05) is 35.7 Å². The summed E-state index contributed by atoms with van der Waals surface area (Å²) >= 11 is 0. The zero-order valence-electron chi connectivity index (χ0n) is 30.4. The quantitative estimate of drug-likeness (QED) is 0.108. The molecule has 1 aromatic heterocycles. The van der Waals surface area contributed by atoms with Crippen LogP contribution in [0, 0.1) is 0 Å². The molecule has 1 aliphatic heterocycles. The fourth-order valence-electron chi connectivity index (χ4n) is 6.78. The van der Waals surface area contributed by atoms with E-state index in [1.165, 1.54) is 21.3 Å². The maximum absolute atomic E-state index is 15.2. The molecular weight excluding hydrogens is 676 g/mol. The molecule has 6 aromatic rings. The zero-order chi connectivity index (χ0) is 37.1. The van der Waals surface area contributed by atoms with Crippen LogP contribution in [0.3, 0.4) is 0 Å². The first-order chi connectivity index (χ1) is 25.9. The molecule has 53 heavy (non-hydrogen) atoms. The average molecular weight is 717 g/mol. The number of fused-ring (bicyclic) bond motifs is 3. The smallest absolute Gasteiger partial charge is 0.205 e. The van der Waals surface area contributed by atoms with E-state index < -0.39 is 18.0 Å². The largest absolute Gasteiger partial charge is 0.497 e. The molecule has 0 saturated carbocycles. The first kappa shape index (κ1) is 35.3. The van der Waals surface area contributed by atoms with E-state index in [4.69, 9.17) is 42.3 Å². The van der Waals surface area contributed by atoms with Crippen LogP contribution in [0.4, 0.5) is 0 Å². The van der Waals surface area contributed by atoms with Gasteiger partial charge in [-0.2, -0.15) is 0 Å². The minimum absolute atomic E-state index is 0.199. The minimum atomic E-state index is -0.570. The summed E-state index contributed by atoms with van der Waals surface area (Å²) in [4.78, 5) is 15.2. The van der Waals surface area contributed by atoms with E-state index in [-0.39, 0.29) is 22.6 Å². The second-order valence-electron chi connectivity index (χ2n) is 12.4. The van der Waals surface area contributed by atoms with Crippen molar-refractivity contribution in [1.29, 1.82) is 0 Å². The molecule has 2 heterocycles. The molecular formula is C43H40O10. The van der Waals surface area contributed by atoms with Crippen molar-refractivity contribution in [3.05, 3.63) is 125 Å². The third-order valence-corrected chi connectivity index (χ3v) is 9.48. The molecule has 0 spiro atoms.